The van der Waals surface area contributed by atoms with Crippen molar-refractivity contribution in [3.05, 3.63) is 0 Å². The van der Waals surface area contributed by atoms with E-state index in [0.717, 1.165) is 18.8 Å². The summed E-state index contributed by atoms with van der Waals surface area (Å²) in [5, 5.41) is 14.5. The van der Waals surface area contributed by atoms with Gasteiger partial charge in [0.2, 0.25) is 0 Å². The normalized spacial score (nSPS) is 24.5. The van der Waals surface area contributed by atoms with Crippen LogP contribution in [0.1, 0.15) is 52.4 Å². The number of nitrogens with one attached hydrogen (secondary N) is 2. The van der Waals surface area contributed by atoms with Crippen LogP contribution in [-0.4, -0.2) is 29.7 Å². The molecule has 1 saturated carbocycles. The van der Waals surface area contributed by atoms with Crippen molar-refractivity contribution in [2.75, 3.05) is 6.54 Å². The lowest BCUT2D eigenvalue weighted by Crippen LogP contribution is -2.44. The number of hydrogen-bond donors (Lipinski definition) is 3. The first-order valence-electron chi connectivity index (χ1n) is 7.30. The molecule has 0 radical (unpaired) electrons. The highest BCUT2D eigenvalue weighted by Crippen LogP contribution is 2.26. The Morgan fingerprint density at radius 3 is 2.74 bits per heavy atom. The van der Waals surface area contributed by atoms with Gasteiger partial charge in [-0.2, -0.15) is 0 Å². The first-order chi connectivity index (χ1) is 9.02. The third-order valence-electron chi connectivity index (χ3n) is 3.98. The molecule has 0 spiro atoms. The second-order valence-electron chi connectivity index (χ2n) is 5.57. The summed E-state index contributed by atoms with van der Waals surface area (Å²) in [7, 11) is 0. The molecule has 19 heavy (non-hydrogen) atoms. The van der Waals surface area contributed by atoms with Crippen LogP contribution in [0.2, 0.25) is 0 Å². The molecule has 0 aromatic heterocycles. The summed E-state index contributed by atoms with van der Waals surface area (Å²) in [5.41, 5.74) is 0. The third kappa shape index (κ3) is 5.94. The van der Waals surface area contributed by atoms with Gasteiger partial charge in [0.25, 0.3) is 0 Å². The molecule has 2 amide bonds. The Morgan fingerprint density at radius 1 is 1.37 bits per heavy atom. The number of carbonyl (C=O) groups is 2. The lowest BCUT2D eigenvalue weighted by molar-refractivity contribution is -0.141. The van der Waals surface area contributed by atoms with Crippen LogP contribution in [0.5, 0.6) is 0 Å². The van der Waals surface area contributed by atoms with Gasteiger partial charge in [0.1, 0.15) is 0 Å². The van der Waals surface area contributed by atoms with E-state index in [1.807, 2.05) is 0 Å². The van der Waals surface area contributed by atoms with Gasteiger partial charge in [0.05, 0.1) is 5.92 Å². The Morgan fingerprint density at radius 2 is 2.11 bits per heavy atom. The van der Waals surface area contributed by atoms with Gasteiger partial charge in [0, 0.05) is 12.6 Å². The summed E-state index contributed by atoms with van der Waals surface area (Å²) in [5.74, 6) is -0.509. The minimum absolute atomic E-state index is 0.167. The molecule has 5 heteroatoms. The number of hydrogen-bond acceptors (Lipinski definition) is 2. The SMILES string of the molecule is CCC1CCCC(NC(=O)NCCC(C)C(=O)O)C1. The molecule has 3 unspecified atom stereocenters. The van der Waals surface area contributed by atoms with Gasteiger partial charge >= 0.3 is 12.0 Å². The zero-order valence-corrected chi connectivity index (χ0v) is 11.9. The van der Waals surface area contributed by atoms with Gasteiger partial charge in [-0.1, -0.05) is 33.1 Å². The van der Waals surface area contributed by atoms with Crippen molar-refractivity contribution in [2.24, 2.45) is 11.8 Å². The highest BCUT2D eigenvalue weighted by atomic mass is 16.4. The lowest BCUT2D eigenvalue weighted by Gasteiger charge is -2.29. The first kappa shape index (κ1) is 15.8. The van der Waals surface area contributed by atoms with Crippen LogP contribution in [0.25, 0.3) is 0 Å². The predicted octanol–water partition coefficient (Wildman–Crippen LogP) is 2.37. The molecule has 1 aliphatic carbocycles. The fourth-order valence-corrected chi connectivity index (χ4v) is 2.55. The second kappa shape index (κ2) is 8.02. The minimum Gasteiger partial charge on any atom is -0.481 e. The molecule has 110 valence electrons. The van der Waals surface area contributed by atoms with E-state index in [1.165, 1.54) is 19.3 Å². The van der Waals surface area contributed by atoms with Gasteiger partial charge < -0.3 is 15.7 Å². The monoisotopic (exact) mass is 270 g/mol. The van der Waals surface area contributed by atoms with Crippen LogP contribution < -0.4 is 10.6 Å². The Hall–Kier alpha value is -1.26. The van der Waals surface area contributed by atoms with Crippen molar-refractivity contribution in [2.45, 2.75) is 58.4 Å². The molecular weight excluding hydrogens is 244 g/mol. The van der Waals surface area contributed by atoms with Crippen molar-refractivity contribution in [1.82, 2.24) is 10.6 Å². The van der Waals surface area contributed by atoms with Gasteiger partial charge in [-0.05, 0) is 25.2 Å². The summed E-state index contributed by atoms with van der Waals surface area (Å²) in [6, 6.07) is 0.106. The highest BCUT2D eigenvalue weighted by Gasteiger charge is 2.22. The number of urea groups is 1. The smallest absolute Gasteiger partial charge is 0.315 e. The summed E-state index contributed by atoms with van der Waals surface area (Å²) < 4.78 is 0. The number of aliphatic carboxylic acids is 1. The quantitative estimate of drug-likeness (QED) is 0.693. The van der Waals surface area contributed by atoms with Crippen molar-refractivity contribution in [3.8, 4) is 0 Å². The van der Waals surface area contributed by atoms with Crippen LogP contribution in [0.4, 0.5) is 4.79 Å². The molecule has 3 N–H and O–H groups in total. The number of carboxylic acid groups (broad SMARTS) is 1. The summed E-state index contributed by atoms with van der Waals surface area (Å²) >= 11 is 0. The van der Waals surface area contributed by atoms with E-state index in [4.69, 9.17) is 5.11 Å². The molecular formula is C14H26N2O3. The van der Waals surface area contributed by atoms with Crippen LogP contribution in [-0.2, 0) is 4.79 Å². The molecule has 0 aliphatic heterocycles. The van der Waals surface area contributed by atoms with Crippen LogP contribution >= 0.6 is 0 Å². The maximum atomic E-state index is 11.7. The van der Waals surface area contributed by atoms with Gasteiger partial charge in [-0.15, -0.1) is 0 Å². The number of carbonyl (C=O) groups excluding carboxylic acids is 1. The highest BCUT2D eigenvalue weighted by molar-refractivity contribution is 5.74. The van der Waals surface area contributed by atoms with E-state index in [-0.39, 0.29) is 12.1 Å². The van der Waals surface area contributed by atoms with Gasteiger partial charge in [-0.3, -0.25) is 4.79 Å². The van der Waals surface area contributed by atoms with E-state index >= 15 is 0 Å². The van der Waals surface area contributed by atoms with E-state index in [1.54, 1.807) is 6.92 Å². The van der Waals surface area contributed by atoms with Crippen LogP contribution in [0.15, 0.2) is 0 Å². The summed E-state index contributed by atoms with van der Waals surface area (Å²) in [4.78, 5) is 22.3. The first-order valence-corrected chi connectivity index (χ1v) is 7.30. The summed E-state index contributed by atoms with van der Waals surface area (Å²) in [6.45, 7) is 4.25. The van der Waals surface area contributed by atoms with Crippen molar-refractivity contribution < 1.29 is 14.7 Å². The maximum absolute atomic E-state index is 11.7. The Kier molecular flexibility index (Phi) is 6.67. The lowest BCUT2D eigenvalue weighted by atomic mass is 9.84. The average molecular weight is 270 g/mol. The zero-order chi connectivity index (χ0) is 14.3. The number of rotatable bonds is 6. The molecule has 0 aromatic carbocycles. The Labute approximate surface area is 115 Å². The van der Waals surface area contributed by atoms with Gasteiger partial charge in [0.15, 0.2) is 0 Å². The standard InChI is InChI=1S/C14H26N2O3/c1-3-11-5-4-6-12(9-11)16-14(19)15-8-7-10(2)13(17)18/h10-12H,3-9H2,1-2H3,(H,17,18)(H2,15,16,19). The second-order valence-corrected chi connectivity index (χ2v) is 5.57. The third-order valence-corrected chi connectivity index (χ3v) is 3.98. The van der Waals surface area contributed by atoms with Crippen molar-refractivity contribution >= 4 is 12.0 Å². The Balaban J connectivity index is 2.18. The van der Waals surface area contributed by atoms with E-state index < -0.39 is 11.9 Å². The molecule has 5 nitrogen and oxygen atoms in total. The van der Waals surface area contributed by atoms with Gasteiger partial charge in [-0.25, -0.2) is 4.79 Å². The fourth-order valence-electron chi connectivity index (χ4n) is 2.55. The van der Waals surface area contributed by atoms with Crippen LogP contribution in [0.3, 0.4) is 0 Å². The topological polar surface area (TPSA) is 78.4 Å². The largest absolute Gasteiger partial charge is 0.481 e. The molecule has 0 heterocycles. The molecule has 1 rings (SSSR count). The number of carboxylic acids is 1. The average Bonchev–Trinajstić information content (AvgIpc) is 2.38. The molecule has 1 aliphatic rings. The van der Waals surface area contributed by atoms with E-state index in [2.05, 4.69) is 17.6 Å². The molecule has 0 saturated heterocycles. The predicted molar refractivity (Wildman–Crippen MR) is 74.0 cm³/mol. The Bertz CT molecular complexity index is 307. The minimum atomic E-state index is -0.819. The molecule has 1 fully saturated rings. The van der Waals surface area contributed by atoms with Crippen molar-refractivity contribution in [1.29, 1.82) is 0 Å². The number of amides is 2. The van der Waals surface area contributed by atoms with Crippen LogP contribution in [0, 0.1) is 11.8 Å². The molecule has 0 aromatic rings. The molecule has 0 bridgehead atoms. The maximum Gasteiger partial charge on any atom is 0.315 e. The fraction of sp³-hybridized carbons (Fsp3) is 0.857. The zero-order valence-electron chi connectivity index (χ0n) is 11.9. The summed E-state index contributed by atoms with van der Waals surface area (Å²) in [6.07, 6.45) is 6.21. The van der Waals surface area contributed by atoms with E-state index in [9.17, 15) is 9.59 Å². The molecule has 3 atom stereocenters. The van der Waals surface area contributed by atoms with E-state index in [0.29, 0.717) is 13.0 Å². The van der Waals surface area contributed by atoms with Crippen molar-refractivity contribution in [3.63, 3.8) is 0 Å².